The fourth-order valence-electron chi connectivity index (χ4n) is 4.90. The number of amides is 1. The molecule has 4 aromatic carbocycles. The Balaban J connectivity index is 1.32. The van der Waals surface area contributed by atoms with Crippen LogP contribution < -0.4 is 19.9 Å². The average Bonchev–Trinajstić information content (AvgIpc) is 3.53. The quantitative estimate of drug-likeness (QED) is 0.153. The number of carbonyl (C=O) groups excluding carboxylic acids is 1. The summed E-state index contributed by atoms with van der Waals surface area (Å²) in [6, 6.07) is 27.8. The summed E-state index contributed by atoms with van der Waals surface area (Å²) in [6.45, 7) is 0.735. The molecule has 9 nitrogen and oxygen atoms in total. The van der Waals surface area contributed by atoms with E-state index in [0.29, 0.717) is 22.6 Å². The minimum Gasteiger partial charge on any atom is -0.485 e. The number of primary amides is 1. The second-order valence-electron chi connectivity index (χ2n) is 10.6. The van der Waals surface area contributed by atoms with Gasteiger partial charge in [0, 0.05) is 34.2 Å². The Kier molecular flexibility index (Phi) is 9.61. The first kappa shape index (κ1) is 32.2. The molecule has 2 heterocycles. The smallest absolute Gasteiger partial charge is 0.260 e. The summed E-state index contributed by atoms with van der Waals surface area (Å²) < 4.78 is 48.8. The Bertz CT molecular complexity index is 2060. The van der Waals surface area contributed by atoms with Crippen LogP contribution in [-0.2, 0) is 6.61 Å². The molecular weight excluding hydrogens is 636 g/mol. The first-order valence-corrected chi connectivity index (χ1v) is 15.5. The number of halogens is 2. The van der Waals surface area contributed by atoms with Gasteiger partial charge in [-0.05, 0) is 55.1 Å². The van der Waals surface area contributed by atoms with Gasteiger partial charge in [0.05, 0.1) is 23.4 Å². The molecule has 240 valence electrons. The summed E-state index contributed by atoms with van der Waals surface area (Å²) in [5.74, 6) is -3.77. The van der Waals surface area contributed by atoms with Crippen molar-refractivity contribution in [1.29, 1.82) is 5.26 Å². The predicted octanol–water partition coefficient (Wildman–Crippen LogP) is 7.66. The van der Waals surface area contributed by atoms with Crippen molar-refractivity contribution < 1.29 is 27.8 Å². The first-order valence-electron chi connectivity index (χ1n) is 14.6. The normalized spacial score (nSPS) is 14.0. The number of pyridine rings is 1. The summed E-state index contributed by atoms with van der Waals surface area (Å²) in [5, 5.41) is 9.46. The van der Waals surface area contributed by atoms with Gasteiger partial charge < -0.3 is 19.9 Å². The lowest BCUT2D eigenvalue weighted by Crippen LogP contribution is -2.19. The van der Waals surface area contributed by atoms with Crippen LogP contribution >= 0.6 is 11.8 Å². The summed E-state index contributed by atoms with van der Waals surface area (Å²) in [7, 11) is 1.86. The molecule has 12 heteroatoms. The molecule has 0 spiro atoms. The molecule has 1 aromatic heterocycles. The van der Waals surface area contributed by atoms with E-state index in [2.05, 4.69) is 9.98 Å². The molecule has 1 aliphatic rings. The zero-order valence-electron chi connectivity index (χ0n) is 25.5. The Hall–Kier alpha value is -5.77. The largest absolute Gasteiger partial charge is 0.485 e. The van der Waals surface area contributed by atoms with Crippen molar-refractivity contribution in [2.75, 3.05) is 13.6 Å². The van der Waals surface area contributed by atoms with E-state index >= 15 is 8.78 Å². The number of hydrogen-bond donors (Lipinski definition) is 1. The van der Waals surface area contributed by atoms with Gasteiger partial charge in [0.1, 0.15) is 18.5 Å². The lowest BCUT2D eigenvalue weighted by molar-refractivity contribution is 0.0997. The highest BCUT2D eigenvalue weighted by Crippen LogP contribution is 2.42. The van der Waals surface area contributed by atoms with Gasteiger partial charge in [-0.2, -0.15) is 9.65 Å². The minimum atomic E-state index is -1.20. The molecule has 1 atom stereocenters. The second-order valence-corrected chi connectivity index (χ2v) is 11.7. The third-order valence-electron chi connectivity index (χ3n) is 7.30. The molecule has 1 amide bonds. The second kappa shape index (κ2) is 14.3. The van der Waals surface area contributed by atoms with Crippen molar-refractivity contribution in [2.45, 2.75) is 22.6 Å². The zero-order chi connectivity index (χ0) is 33.6. The third-order valence-corrected chi connectivity index (χ3v) is 8.37. The molecule has 5 aromatic rings. The molecule has 0 radical (unpaired) electrons. The highest BCUT2D eigenvalue weighted by Gasteiger charge is 2.27. The van der Waals surface area contributed by atoms with E-state index in [1.54, 1.807) is 48.7 Å². The molecule has 2 N–H and O–H groups in total. The molecule has 48 heavy (non-hydrogen) atoms. The number of nitrogens with zero attached hydrogens (tertiary/aromatic N) is 4. The Labute approximate surface area is 279 Å². The number of hydrogen-bond acceptors (Lipinski definition) is 9. The lowest BCUT2D eigenvalue weighted by Gasteiger charge is -2.22. The monoisotopic (exact) mass is 663 g/mol. The fourth-order valence-corrected chi connectivity index (χ4v) is 5.90. The lowest BCUT2D eigenvalue weighted by atomic mass is 10.1. The highest BCUT2D eigenvalue weighted by molar-refractivity contribution is 7.99. The topological polar surface area (TPSA) is 123 Å². The van der Waals surface area contributed by atoms with Crippen LogP contribution in [0.1, 0.15) is 33.2 Å². The summed E-state index contributed by atoms with van der Waals surface area (Å²) in [4.78, 5) is 23.7. The van der Waals surface area contributed by atoms with Crippen molar-refractivity contribution in [1.82, 2.24) is 9.88 Å². The highest BCUT2D eigenvalue weighted by atomic mass is 32.2. The SMILES string of the molecule is CN1CC=NC1c1cc(Sc2ccccc2C(N)=O)ccc1Oc1c(F)cnc(Oc2cc(C#N)ccc2OCc2ccccc2)c1F. The van der Waals surface area contributed by atoms with Gasteiger partial charge in [-0.25, -0.2) is 9.37 Å². The predicted molar refractivity (Wildman–Crippen MR) is 176 cm³/mol. The van der Waals surface area contributed by atoms with Crippen LogP contribution in [-0.4, -0.2) is 35.6 Å². The van der Waals surface area contributed by atoms with Gasteiger partial charge in [0.25, 0.3) is 5.88 Å². The molecule has 1 unspecified atom stereocenters. The van der Waals surface area contributed by atoms with Gasteiger partial charge in [-0.15, -0.1) is 0 Å². The van der Waals surface area contributed by atoms with Crippen LogP contribution in [0.3, 0.4) is 0 Å². The Morgan fingerprint density at radius 2 is 1.77 bits per heavy atom. The summed E-state index contributed by atoms with van der Waals surface area (Å²) in [6.07, 6.45) is 2.02. The van der Waals surface area contributed by atoms with Crippen LogP contribution in [0.25, 0.3) is 0 Å². The third kappa shape index (κ3) is 7.12. The Morgan fingerprint density at radius 3 is 2.52 bits per heavy atom. The number of benzene rings is 4. The molecule has 0 aliphatic carbocycles. The molecule has 6 rings (SSSR count). The van der Waals surface area contributed by atoms with Gasteiger partial charge >= 0.3 is 0 Å². The maximum atomic E-state index is 16.0. The van der Waals surface area contributed by atoms with Crippen molar-refractivity contribution in [3.8, 4) is 34.9 Å². The van der Waals surface area contributed by atoms with E-state index in [0.717, 1.165) is 16.7 Å². The number of nitrogens with two attached hydrogens (primary N) is 1. The van der Waals surface area contributed by atoms with E-state index in [9.17, 15) is 10.1 Å². The van der Waals surface area contributed by atoms with E-state index < -0.39 is 35.3 Å². The number of ether oxygens (including phenoxy) is 3. The van der Waals surface area contributed by atoms with Crippen LogP contribution in [0.2, 0.25) is 0 Å². The van der Waals surface area contributed by atoms with Crippen molar-refractivity contribution >= 4 is 23.9 Å². The number of aliphatic imine (C=N–C) groups is 1. The maximum absolute atomic E-state index is 16.0. The van der Waals surface area contributed by atoms with Gasteiger partial charge in [0.15, 0.2) is 17.3 Å². The van der Waals surface area contributed by atoms with Crippen LogP contribution in [0, 0.1) is 23.0 Å². The summed E-state index contributed by atoms with van der Waals surface area (Å²) >= 11 is 1.31. The zero-order valence-corrected chi connectivity index (χ0v) is 26.3. The number of carbonyl (C=O) groups is 1. The maximum Gasteiger partial charge on any atom is 0.260 e. The molecule has 0 saturated heterocycles. The van der Waals surface area contributed by atoms with Gasteiger partial charge in [0.2, 0.25) is 17.5 Å². The number of aromatic nitrogens is 1. The first-order chi connectivity index (χ1) is 23.3. The van der Waals surface area contributed by atoms with E-state index in [1.165, 1.54) is 30.0 Å². The van der Waals surface area contributed by atoms with E-state index in [4.69, 9.17) is 19.9 Å². The van der Waals surface area contributed by atoms with Gasteiger partial charge in [-0.3, -0.25) is 14.7 Å². The van der Waals surface area contributed by atoms with E-state index in [1.807, 2.05) is 48.3 Å². The van der Waals surface area contributed by atoms with E-state index in [-0.39, 0.29) is 29.4 Å². The fraction of sp³-hybridized carbons (Fsp3) is 0.111. The molecule has 0 bridgehead atoms. The van der Waals surface area contributed by atoms with Crippen LogP contribution in [0.15, 0.2) is 112 Å². The summed E-state index contributed by atoms with van der Waals surface area (Å²) in [5.41, 5.74) is 7.58. The molecular formula is C36H27F2N5O4S. The minimum absolute atomic E-state index is 0.00849. The van der Waals surface area contributed by atoms with Gasteiger partial charge in [-0.1, -0.05) is 54.2 Å². The van der Waals surface area contributed by atoms with Crippen LogP contribution in [0.4, 0.5) is 8.78 Å². The molecule has 0 fully saturated rings. The number of rotatable bonds is 11. The Morgan fingerprint density at radius 1 is 1.00 bits per heavy atom. The van der Waals surface area contributed by atoms with Crippen LogP contribution in [0.5, 0.6) is 28.9 Å². The van der Waals surface area contributed by atoms with Crippen molar-refractivity contribution in [3.63, 3.8) is 0 Å². The van der Waals surface area contributed by atoms with Crippen molar-refractivity contribution in [3.05, 3.63) is 131 Å². The average molecular weight is 664 g/mol. The molecule has 1 aliphatic heterocycles. The standard InChI is InChI=1S/C36H27F2N5O4S/c1-43-16-15-41-35(43)26-18-24(48-31-10-6-5-9-25(31)34(40)44)12-14-28(26)46-33-27(37)20-42-36(32(33)38)47-30-17-23(19-39)11-13-29(30)45-21-22-7-3-2-4-8-22/h2-15,17-18,20,35H,16,21H2,1H3,(H2,40,44). The number of nitriles is 1. The van der Waals surface area contributed by atoms with Crippen molar-refractivity contribution in [2.24, 2.45) is 10.7 Å². The molecule has 0 saturated carbocycles.